The van der Waals surface area contributed by atoms with Gasteiger partial charge >= 0.3 is 0 Å². The summed E-state index contributed by atoms with van der Waals surface area (Å²) in [7, 11) is 1.72. The van der Waals surface area contributed by atoms with Crippen molar-refractivity contribution in [1.29, 1.82) is 0 Å². The Kier molecular flexibility index (Phi) is 5.59. The molecule has 98 valence electrons. The molecular weight excluding hydrogens is 234 g/mol. The van der Waals surface area contributed by atoms with Gasteiger partial charge in [0.2, 0.25) is 0 Å². The maximum absolute atomic E-state index is 5.96. The summed E-state index contributed by atoms with van der Waals surface area (Å²) in [4.78, 5) is 1.19. The smallest absolute Gasteiger partial charge is 0.106 e. The van der Waals surface area contributed by atoms with Gasteiger partial charge < -0.3 is 15.2 Å². The first-order valence-corrected chi connectivity index (χ1v) is 6.80. The van der Waals surface area contributed by atoms with Gasteiger partial charge in [0.15, 0.2) is 0 Å². The zero-order valence-corrected chi connectivity index (χ0v) is 11.9. The van der Waals surface area contributed by atoms with Crippen LogP contribution in [0.3, 0.4) is 0 Å². The molecular formula is C13H23NO2S. The fraction of sp³-hybridized carbons (Fsp3) is 0.692. The van der Waals surface area contributed by atoms with E-state index < -0.39 is 0 Å². The molecule has 0 saturated heterocycles. The molecule has 1 aromatic heterocycles. The number of hydrogen-bond acceptors (Lipinski definition) is 4. The Hall–Kier alpha value is -0.420. The van der Waals surface area contributed by atoms with Crippen molar-refractivity contribution < 1.29 is 9.47 Å². The molecule has 17 heavy (non-hydrogen) atoms. The average Bonchev–Trinajstić information content (AvgIpc) is 2.77. The molecule has 2 unspecified atom stereocenters. The Morgan fingerprint density at radius 1 is 1.47 bits per heavy atom. The standard InChI is InChI=1S/C13H23NO2S/c1-10(14)12(11-6-5-9-17-11)16-8-7-13(2,3)15-4/h5-6,9-10,12H,7-8,14H2,1-4H3. The molecule has 0 aliphatic carbocycles. The van der Waals surface area contributed by atoms with Crippen LogP contribution in [0.2, 0.25) is 0 Å². The second-order valence-corrected chi connectivity index (χ2v) is 5.86. The van der Waals surface area contributed by atoms with Crippen molar-refractivity contribution in [2.75, 3.05) is 13.7 Å². The first-order chi connectivity index (χ1) is 7.96. The van der Waals surface area contributed by atoms with E-state index in [4.69, 9.17) is 15.2 Å². The molecule has 2 atom stereocenters. The van der Waals surface area contributed by atoms with Gasteiger partial charge in [-0.2, -0.15) is 0 Å². The summed E-state index contributed by atoms with van der Waals surface area (Å²) < 4.78 is 11.3. The first kappa shape index (κ1) is 14.6. The minimum absolute atomic E-state index is 0.000642. The van der Waals surface area contributed by atoms with Gasteiger partial charge in [0.1, 0.15) is 6.10 Å². The van der Waals surface area contributed by atoms with Crippen LogP contribution in [0.1, 0.15) is 38.2 Å². The molecule has 0 aliphatic heterocycles. The minimum atomic E-state index is -0.141. The third-order valence-corrected chi connectivity index (χ3v) is 3.79. The lowest BCUT2D eigenvalue weighted by Crippen LogP contribution is -2.29. The van der Waals surface area contributed by atoms with Crippen LogP contribution in [0.4, 0.5) is 0 Å². The predicted octanol–water partition coefficient (Wildman–Crippen LogP) is 2.97. The maximum atomic E-state index is 5.96. The van der Waals surface area contributed by atoms with E-state index in [1.54, 1.807) is 18.4 Å². The van der Waals surface area contributed by atoms with Gasteiger partial charge in [0, 0.05) is 18.0 Å². The molecule has 3 nitrogen and oxygen atoms in total. The third kappa shape index (κ3) is 4.76. The Balaban J connectivity index is 2.47. The van der Waals surface area contributed by atoms with Gasteiger partial charge in [-0.1, -0.05) is 6.07 Å². The highest BCUT2D eigenvalue weighted by atomic mass is 32.1. The van der Waals surface area contributed by atoms with Crippen molar-refractivity contribution in [3.63, 3.8) is 0 Å². The van der Waals surface area contributed by atoms with Crippen LogP contribution in [-0.2, 0) is 9.47 Å². The van der Waals surface area contributed by atoms with Crippen molar-refractivity contribution in [3.8, 4) is 0 Å². The van der Waals surface area contributed by atoms with Gasteiger partial charge in [-0.3, -0.25) is 0 Å². The molecule has 0 amide bonds. The fourth-order valence-electron chi connectivity index (χ4n) is 1.48. The van der Waals surface area contributed by atoms with E-state index in [1.807, 2.05) is 18.4 Å². The largest absolute Gasteiger partial charge is 0.379 e. The van der Waals surface area contributed by atoms with Crippen LogP contribution >= 0.6 is 11.3 Å². The van der Waals surface area contributed by atoms with E-state index in [2.05, 4.69) is 19.9 Å². The second-order valence-electron chi connectivity index (χ2n) is 4.88. The van der Waals surface area contributed by atoms with Crippen molar-refractivity contribution in [3.05, 3.63) is 22.4 Å². The summed E-state index contributed by atoms with van der Waals surface area (Å²) in [5.41, 5.74) is 5.82. The molecule has 0 saturated carbocycles. The van der Waals surface area contributed by atoms with Crippen LogP contribution in [0.15, 0.2) is 17.5 Å². The van der Waals surface area contributed by atoms with Crippen molar-refractivity contribution in [2.45, 2.75) is 44.9 Å². The molecule has 0 spiro atoms. The topological polar surface area (TPSA) is 44.5 Å². The monoisotopic (exact) mass is 257 g/mol. The van der Waals surface area contributed by atoms with Crippen LogP contribution in [-0.4, -0.2) is 25.4 Å². The summed E-state index contributed by atoms with van der Waals surface area (Å²) in [5, 5.41) is 2.05. The lowest BCUT2D eigenvalue weighted by molar-refractivity contribution is -0.0309. The van der Waals surface area contributed by atoms with Crippen molar-refractivity contribution >= 4 is 11.3 Å². The lowest BCUT2D eigenvalue weighted by Gasteiger charge is -2.25. The van der Waals surface area contributed by atoms with E-state index >= 15 is 0 Å². The molecule has 0 radical (unpaired) electrons. The number of hydrogen-bond donors (Lipinski definition) is 1. The van der Waals surface area contributed by atoms with E-state index in [0.717, 1.165) is 6.42 Å². The Morgan fingerprint density at radius 3 is 2.65 bits per heavy atom. The molecule has 1 aromatic rings. The molecule has 0 aromatic carbocycles. The summed E-state index contributed by atoms with van der Waals surface area (Å²) in [6.07, 6.45) is 0.848. The Morgan fingerprint density at radius 2 is 2.18 bits per heavy atom. The Labute approximate surface area is 108 Å². The fourth-order valence-corrected chi connectivity index (χ4v) is 2.37. The van der Waals surface area contributed by atoms with Crippen LogP contribution in [0.25, 0.3) is 0 Å². The van der Waals surface area contributed by atoms with E-state index in [1.165, 1.54) is 4.88 Å². The number of rotatable bonds is 7. The predicted molar refractivity (Wildman–Crippen MR) is 72.4 cm³/mol. The van der Waals surface area contributed by atoms with Gasteiger partial charge in [-0.05, 0) is 38.6 Å². The van der Waals surface area contributed by atoms with Crippen LogP contribution in [0.5, 0.6) is 0 Å². The summed E-state index contributed by atoms with van der Waals surface area (Å²) in [6, 6.07) is 4.09. The Bertz CT molecular complexity index is 309. The van der Waals surface area contributed by atoms with Gasteiger partial charge in [0.05, 0.1) is 12.2 Å². The molecule has 2 N–H and O–H groups in total. The maximum Gasteiger partial charge on any atom is 0.106 e. The van der Waals surface area contributed by atoms with Crippen LogP contribution in [0, 0.1) is 0 Å². The molecule has 4 heteroatoms. The molecule has 0 aliphatic rings. The van der Waals surface area contributed by atoms with Crippen molar-refractivity contribution in [2.24, 2.45) is 5.73 Å². The molecule has 0 bridgehead atoms. The number of thiophene rings is 1. The number of methoxy groups -OCH3 is 1. The number of nitrogens with two attached hydrogens (primary N) is 1. The van der Waals surface area contributed by atoms with Gasteiger partial charge in [-0.15, -0.1) is 11.3 Å². The zero-order valence-electron chi connectivity index (χ0n) is 11.1. The minimum Gasteiger partial charge on any atom is -0.379 e. The normalized spacial score (nSPS) is 15.8. The molecule has 1 heterocycles. The molecule has 1 rings (SSSR count). The second kappa shape index (κ2) is 6.50. The van der Waals surface area contributed by atoms with E-state index in [-0.39, 0.29) is 17.7 Å². The van der Waals surface area contributed by atoms with E-state index in [9.17, 15) is 0 Å². The summed E-state index contributed by atoms with van der Waals surface area (Å²) in [5.74, 6) is 0. The van der Waals surface area contributed by atoms with Crippen LogP contribution < -0.4 is 5.73 Å². The highest BCUT2D eigenvalue weighted by molar-refractivity contribution is 7.10. The lowest BCUT2D eigenvalue weighted by atomic mass is 10.1. The number of ether oxygens (including phenoxy) is 2. The third-order valence-electron chi connectivity index (χ3n) is 2.86. The van der Waals surface area contributed by atoms with Gasteiger partial charge in [0.25, 0.3) is 0 Å². The average molecular weight is 257 g/mol. The first-order valence-electron chi connectivity index (χ1n) is 5.92. The highest BCUT2D eigenvalue weighted by Gasteiger charge is 2.21. The summed E-state index contributed by atoms with van der Waals surface area (Å²) in [6.45, 7) is 6.75. The van der Waals surface area contributed by atoms with Crippen molar-refractivity contribution in [1.82, 2.24) is 0 Å². The quantitative estimate of drug-likeness (QED) is 0.816. The summed E-state index contributed by atoms with van der Waals surface area (Å²) >= 11 is 1.69. The highest BCUT2D eigenvalue weighted by Crippen LogP contribution is 2.26. The SMILES string of the molecule is COC(C)(C)CCOC(c1cccs1)C(C)N. The van der Waals surface area contributed by atoms with E-state index in [0.29, 0.717) is 6.61 Å². The zero-order chi connectivity index (χ0) is 12.9. The van der Waals surface area contributed by atoms with Gasteiger partial charge in [-0.25, -0.2) is 0 Å². The molecule has 0 fully saturated rings.